The van der Waals surface area contributed by atoms with Gasteiger partial charge in [-0.2, -0.15) is 0 Å². The van der Waals surface area contributed by atoms with Gasteiger partial charge in [-0.1, -0.05) is 23.8 Å². The molecule has 0 saturated heterocycles. The second kappa shape index (κ2) is 5.17. The molecule has 0 atom stereocenters. The van der Waals surface area contributed by atoms with Gasteiger partial charge in [0.05, 0.1) is 6.42 Å². The van der Waals surface area contributed by atoms with Crippen LogP contribution < -0.4 is 4.90 Å². The molecule has 0 saturated carbocycles. The predicted octanol–water partition coefficient (Wildman–Crippen LogP) is 3.58. The number of nitrogens with zero attached hydrogens (tertiary/aromatic N) is 1. The first-order valence-corrected chi connectivity index (χ1v) is 7.54. The molecule has 1 aromatic heterocycles. The molecule has 0 unspecified atom stereocenters. The first-order chi connectivity index (χ1) is 9.24. The fourth-order valence-corrected chi connectivity index (χ4v) is 3.34. The van der Waals surface area contributed by atoms with Crippen LogP contribution in [-0.2, 0) is 17.6 Å². The van der Waals surface area contributed by atoms with Crippen LogP contribution in [-0.4, -0.2) is 12.5 Å². The largest absolute Gasteiger partial charge is 0.312 e. The number of hydrogen-bond donors (Lipinski definition) is 0. The SMILES string of the molecule is Cc1ccc2c(c1)CCCN2C(=O)Cc1cccs1. The summed E-state index contributed by atoms with van der Waals surface area (Å²) in [6.07, 6.45) is 2.66. The Morgan fingerprint density at radius 1 is 1.37 bits per heavy atom. The molecule has 0 radical (unpaired) electrons. The smallest absolute Gasteiger partial charge is 0.232 e. The molecule has 2 nitrogen and oxygen atoms in total. The summed E-state index contributed by atoms with van der Waals surface area (Å²) >= 11 is 1.65. The van der Waals surface area contributed by atoms with E-state index in [1.807, 2.05) is 22.4 Å². The number of amides is 1. The highest BCUT2D eigenvalue weighted by Gasteiger charge is 2.22. The van der Waals surface area contributed by atoms with Gasteiger partial charge in [0.25, 0.3) is 0 Å². The Bertz CT molecular complexity index is 589. The van der Waals surface area contributed by atoms with E-state index in [9.17, 15) is 4.79 Å². The van der Waals surface area contributed by atoms with Gasteiger partial charge in [-0.3, -0.25) is 4.79 Å². The number of benzene rings is 1. The van der Waals surface area contributed by atoms with Crippen LogP contribution in [0.1, 0.15) is 22.4 Å². The van der Waals surface area contributed by atoms with E-state index in [1.165, 1.54) is 11.1 Å². The average molecular weight is 271 g/mol. The van der Waals surface area contributed by atoms with Crippen LogP contribution in [0.3, 0.4) is 0 Å². The molecule has 19 heavy (non-hydrogen) atoms. The van der Waals surface area contributed by atoms with Crippen LogP contribution >= 0.6 is 11.3 Å². The molecule has 0 fully saturated rings. The van der Waals surface area contributed by atoms with Crippen molar-refractivity contribution in [2.24, 2.45) is 0 Å². The molecule has 2 heterocycles. The zero-order valence-corrected chi connectivity index (χ0v) is 11.9. The Balaban J connectivity index is 1.85. The van der Waals surface area contributed by atoms with Gasteiger partial charge in [-0.05, 0) is 42.8 Å². The lowest BCUT2D eigenvalue weighted by atomic mass is 9.99. The molecule has 1 aromatic carbocycles. The van der Waals surface area contributed by atoms with Gasteiger partial charge in [0, 0.05) is 17.1 Å². The normalized spacial score (nSPS) is 14.3. The Labute approximate surface area is 117 Å². The molecule has 1 aliphatic heterocycles. The molecule has 2 aromatic rings. The lowest BCUT2D eigenvalue weighted by Crippen LogP contribution is -2.36. The lowest BCUT2D eigenvalue weighted by Gasteiger charge is -2.29. The number of carbonyl (C=O) groups excluding carboxylic acids is 1. The molecule has 3 rings (SSSR count). The Kier molecular flexibility index (Phi) is 3.38. The molecule has 98 valence electrons. The number of carbonyl (C=O) groups is 1. The maximum Gasteiger partial charge on any atom is 0.232 e. The van der Waals surface area contributed by atoms with Gasteiger partial charge >= 0.3 is 0 Å². The minimum atomic E-state index is 0.215. The monoisotopic (exact) mass is 271 g/mol. The van der Waals surface area contributed by atoms with Gasteiger partial charge < -0.3 is 4.90 Å². The maximum absolute atomic E-state index is 12.4. The van der Waals surface area contributed by atoms with E-state index >= 15 is 0 Å². The first kappa shape index (κ1) is 12.4. The van der Waals surface area contributed by atoms with Gasteiger partial charge in [-0.15, -0.1) is 11.3 Å². The summed E-state index contributed by atoms with van der Waals surface area (Å²) in [7, 11) is 0. The molecule has 0 spiro atoms. The highest BCUT2D eigenvalue weighted by atomic mass is 32.1. The summed E-state index contributed by atoms with van der Waals surface area (Å²) < 4.78 is 0. The van der Waals surface area contributed by atoms with Crippen LogP contribution in [0.5, 0.6) is 0 Å². The third kappa shape index (κ3) is 2.56. The molecule has 1 aliphatic rings. The van der Waals surface area contributed by atoms with E-state index in [-0.39, 0.29) is 5.91 Å². The zero-order chi connectivity index (χ0) is 13.2. The molecule has 0 N–H and O–H groups in total. The van der Waals surface area contributed by atoms with Crippen LogP contribution in [0.4, 0.5) is 5.69 Å². The predicted molar refractivity (Wildman–Crippen MR) is 79.9 cm³/mol. The highest BCUT2D eigenvalue weighted by Crippen LogP contribution is 2.28. The van der Waals surface area contributed by atoms with Crippen LogP contribution in [0.15, 0.2) is 35.7 Å². The molecule has 3 heteroatoms. The van der Waals surface area contributed by atoms with Gasteiger partial charge in [0.1, 0.15) is 0 Å². The van der Waals surface area contributed by atoms with Crippen molar-refractivity contribution in [3.05, 3.63) is 51.7 Å². The number of thiophene rings is 1. The topological polar surface area (TPSA) is 20.3 Å². The van der Waals surface area contributed by atoms with Crippen LogP contribution in [0, 0.1) is 6.92 Å². The van der Waals surface area contributed by atoms with Crippen molar-refractivity contribution in [1.29, 1.82) is 0 Å². The van der Waals surface area contributed by atoms with Crippen molar-refractivity contribution in [3.63, 3.8) is 0 Å². The third-order valence-electron chi connectivity index (χ3n) is 3.56. The molecular formula is C16H17NOS. The van der Waals surface area contributed by atoms with E-state index in [2.05, 4.69) is 25.1 Å². The standard InChI is InChI=1S/C16H17NOS/c1-12-6-7-15-13(10-12)4-2-8-17(15)16(18)11-14-5-3-9-19-14/h3,5-7,9-10H,2,4,8,11H2,1H3. The summed E-state index contributed by atoms with van der Waals surface area (Å²) in [4.78, 5) is 15.5. The minimum Gasteiger partial charge on any atom is -0.312 e. The van der Waals surface area contributed by atoms with Crippen molar-refractivity contribution in [2.45, 2.75) is 26.2 Å². The van der Waals surface area contributed by atoms with E-state index < -0.39 is 0 Å². The van der Waals surface area contributed by atoms with E-state index in [0.717, 1.165) is 30.0 Å². The van der Waals surface area contributed by atoms with Gasteiger partial charge in [0.2, 0.25) is 5.91 Å². The summed E-state index contributed by atoms with van der Waals surface area (Å²) in [5.74, 6) is 0.215. The lowest BCUT2D eigenvalue weighted by molar-refractivity contribution is -0.118. The van der Waals surface area contributed by atoms with Crippen molar-refractivity contribution in [3.8, 4) is 0 Å². The molecule has 1 amide bonds. The summed E-state index contributed by atoms with van der Waals surface area (Å²) in [5, 5.41) is 2.02. The Morgan fingerprint density at radius 2 is 2.26 bits per heavy atom. The quantitative estimate of drug-likeness (QED) is 0.817. The van der Waals surface area contributed by atoms with Crippen molar-refractivity contribution in [1.82, 2.24) is 0 Å². The highest BCUT2D eigenvalue weighted by molar-refractivity contribution is 7.10. The number of fused-ring (bicyclic) bond motifs is 1. The average Bonchev–Trinajstić information content (AvgIpc) is 2.90. The summed E-state index contributed by atoms with van der Waals surface area (Å²) in [5.41, 5.74) is 3.69. The van der Waals surface area contributed by atoms with Crippen LogP contribution in [0.2, 0.25) is 0 Å². The Hall–Kier alpha value is -1.61. The van der Waals surface area contributed by atoms with Crippen molar-refractivity contribution < 1.29 is 4.79 Å². The van der Waals surface area contributed by atoms with Crippen LogP contribution in [0.25, 0.3) is 0 Å². The maximum atomic E-state index is 12.4. The second-order valence-electron chi connectivity index (χ2n) is 5.04. The second-order valence-corrected chi connectivity index (χ2v) is 6.07. The van der Waals surface area contributed by atoms with Gasteiger partial charge in [0.15, 0.2) is 0 Å². The number of rotatable bonds is 2. The third-order valence-corrected chi connectivity index (χ3v) is 4.44. The molecular weight excluding hydrogens is 254 g/mol. The number of aryl methyl sites for hydroxylation is 2. The summed E-state index contributed by atoms with van der Waals surface area (Å²) in [6, 6.07) is 10.4. The first-order valence-electron chi connectivity index (χ1n) is 6.66. The minimum absolute atomic E-state index is 0.215. The number of anilines is 1. The van der Waals surface area contributed by atoms with Crippen molar-refractivity contribution >= 4 is 22.9 Å². The zero-order valence-electron chi connectivity index (χ0n) is 11.1. The molecule has 0 aliphatic carbocycles. The van der Waals surface area contributed by atoms with Crippen molar-refractivity contribution in [2.75, 3.05) is 11.4 Å². The van der Waals surface area contributed by atoms with E-state index in [0.29, 0.717) is 6.42 Å². The Morgan fingerprint density at radius 3 is 3.05 bits per heavy atom. The summed E-state index contributed by atoms with van der Waals surface area (Å²) in [6.45, 7) is 2.95. The number of hydrogen-bond acceptors (Lipinski definition) is 2. The van der Waals surface area contributed by atoms with Gasteiger partial charge in [-0.25, -0.2) is 0 Å². The fourth-order valence-electron chi connectivity index (χ4n) is 2.64. The van der Waals surface area contributed by atoms with E-state index in [1.54, 1.807) is 11.3 Å². The van der Waals surface area contributed by atoms with E-state index in [4.69, 9.17) is 0 Å². The fraction of sp³-hybridized carbons (Fsp3) is 0.312. The molecule has 0 bridgehead atoms.